The molecule has 1 amide bonds. The molecular formula is C14H21N3O2. The highest BCUT2D eigenvalue weighted by Gasteiger charge is 2.22. The summed E-state index contributed by atoms with van der Waals surface area (Å²) in [7, 11) is 1.71. The number of carbonyl (C=O) groups is 1. The molecule has 0 aliphatic carbocycles. The molecular weight excluding hydrogens is 242 g/mol. The predicted molar refractivity (Wildman–Crippen MR) is 74.7 cm³/mol. The molecule has 1 atom stereocenters. The average Bonchev–Trinajstić information content (AvgIpc) is 2.80. The van der Waals surface area contributed by atoms with Crippen LogP contribution in [0.1, 0.15) is 18.1 Å². The summed E-state index contributed by atoms with van der Waals surface area (Å²) < 4.78 is 5.10. The van der Waals surface area contributed by atoms with Crippen LogP contribution in [0.3, 0.4) is 0 Å². The normalized spacial score (nSPS) is 16.2. The van der Waals surface area contributed by atoms with E-state index in [1.807, 2.05) is 12.1 Å². The van der Waals surface area contributed by atoms with Crippen LogP contribution < -0.4 is 11.1 Å². The van der Waals surface area contributed by atoms with Crippen molar-refractivity contribution in [3.8, 4) is 0 Å². The number of ether oxygens (including phenoxy) is 1. The summed E-state index contributed by atoms with van der Waals surface area (Å²) in [6, 6.07) is 5.50. The zero-order chi connectivity index (χ0) is 13.8. The van der Waals surface area contributed by atoms with Gasteiger partial charge in [0.2, 0.25) is 5.91 Å². The Bertz CT molecular complexity index is 460. The quantitative estimate of drug-likeness (QED) is 0.829. The van der Waals surface area contributed by atoms with Crippen LogP contribution in [-0.4, -0.2) is 37.1 Å². The van der Waals surface area contributed by atoms with Gasteiger partial charge in [-0.05, 0) is 24.1 Å². The van der Waals surface area contributed by atoms with E-state index in [1.54, 1.807) is 14.0 Å². The summed E-state index contributed by atoms with van der Waals surface area (Å²) in [5.41, 5.74) is 8.91. The Balaban J connectivity index is 2.09. The minimum atomic E-state index is -0.498. The van der Waals surface area contributed by atoms with Gasteiger partial charge in [-0.3, -0.25) is 9.69 Å². The van der Waals surface area contributed by atoms with Gasteiger partial charge in [-0.2, -0.15) is 0 Å². The summed E-state index contributed by atoms with van der Waals surface area (Å²) in [5.74, 6) is -0.149. The number of carbonyl (C=O) groups excluding carboxylic acids is 1. The average molecular weight is 263 g/mol. The predicted octanol–water partition coefficient (Wildman–Crippen LogP) is 0.934. The Morgan fingerprint density at radius 1 is 1.53 bits per heavy atom. The number of fused-ring (bicyclic) bond motifs is 1. The molecule has 19 heavy (non-hydrogen) atoms. The van der Waals surface area contributed by atoms with Crippen LogP contribution in [0.2, 0.25) is 0 Å². The molecule has 0 saturated heterocycles. The van der Waals surface area contributed by atoms with Crippen LogP contribution in [0.25, 0.3) is 0 Å². The van der Waals surface area contributed by atoms with Gasteiger partial charge in [0, 0.05) is 32.4 Å². The largest absolute Gasteiger partial charge is 0.383 e. The molecule has 1 unspecified atom stereocenters. The molecule has 1 aliphatic heterocycles. The first-order chi connectivity index (χ1) is 9.11. The summed E-state index contributed by atoms with van der Waals surface area (Å²) in [5, 5.41) is 2.90. The van der Waals surface area contributed by atoms with E-state index < -0.39 is 6.04 Å². The first-order valence-corrected chi connectivity index (χ1v) is 6.50. The van der Waals surface area contributed by atoms with Gasteiger partial charge in [0.25, 0.3) is 0 Å². The van der Waals surface area contributed by atoms with Crippen LogP contribution in [0.15, 0.2) is 18.2 Å². The van der Waals surface area contributed by atoms with Crippen molar-refractivity contribution in [3.05, 3.63) is 29.3 Å². The van der Waals surface area contributed by atoms with E-state index >= 15 is 0 Å². The smallest absolute Gasteiger partial charge is 0.241 e. The molecule has 5 heteroatoms. The standard InChI is InChI=1S/C14H21N3O2/c1-10(15)14(18)16-13-5-3-4-11-8-17(6-7-19-2)9-12(11)13/h3-5,10H,6-9,15H2,1-2H3,(H,16,18). The topological polar surface area (TPSA) is 67.6 Å². The minimum absolute atomic E-state index is 0.149. The number of hydrogen-bond acceptors (Lipinski definition) is 4. The third-order valence-corrected chi connectivity index (χ3v) is 3.33. The molecule has 0 bridgehead atoms. The number of amides is 1. The fraction of sp³-hybridized carbons (Fsp3) is 0.500. The minimum Gasteiger partial charge on any atom is -0.383 e. The lowest BCUT2D eigenvalue weighted by molar-refractivity contribution is -0.117. The van der Waals surface area contributed by atoms with Crippen molar-refractivity contribution >= 4 is 11.6 Å². The number of methoxy groups -OCH3 is 1. The Hall–Kier alpha value is -1.43. The number of rotatable bonds is 5. The fourth-order valence-electron chi connectivity index (χ4n) is 2.23. The molecule has 1 aromatic rings. The Labute approximate surface area is 113 Å². The van der Waals surface area contributed by atoms with E-state index in [0.717, 1.165) is 31.9 Å². The maximum absolute atomic E-state index is 11.7. The first kappa shape index (κ1) is 14.0. The highest BCUT2D eigenvalue weighted by Crippen LogP contribution is 2.29. The second-order valence-electron chi connectivity index (χ2n) is 4.92. The van der Waals surface area contributed by atoms with Gasteiger partial charge >= 0.3 is 0 Å². The molecule has 0 aromatic heterocycles. The highest BCUT2D eigenvalue weighted by atomic mass is 16.5. The van der Waals surface area contributed by atoms with Crippen LogP contribution >= 0.6 is 0 Å². The van der Waals surface area contributed by atoms with E-state index in [2.05, 4.69) is 16.3 Å². The molecule has 3 N–H and O–H groups in total. The van der Waals surface area contributed by atoms with Crippen molar-refractivity contribution in [2.75, 3.05) is 25.6 Å². The first-order valence-electron chi connectivity index (χ1n) is 6.50. The Morgan fingerprint density at radius 2 is 2.32 bits per heavy atom. The van der Waals surface area contributed by atoms with Crippen LogP contribution in [0, 0.1) is 0 Å². The highest BCUT2D eigenvalue weighted by molar-refractivity contribution is 5.95. The lowest BCUT2D eigenvalue weighted by Crippen LogP contribution is -2.32. The third-order valence-electron chi connectivity index (χ3n) is 3.33. The van der Waals surface area contributed by atoms with Crippen molar-refractivity contribution in [2.45, 2.75) is 26.1 Å². The van der Waals surface area contributed by atoms with E-state index in [1.165, 1.54) is 11.1 Å². The van der Waals surface area contributed by atoms with Crippen molar-refractivity contribution in [1.82, 2.24) is 4.90 Å². The van der Waals surface area contributed by atoms with Gasteiger partial charge in [0.15, 0.2) is 0 Å². The van der Waals surface area contributed by atoms with E-state index in [-0.39, 0.29) is 5.91 Å². The summed E-state index contributed by atoms with van der Waals surface area (Å²) in [6.45, 7) is 5.04. The van der Waals surface area contributed by atoms with E-state index in [0.29, 0.717) is 0 Å². The van der Waals surface area contributed by atoms with E-state index in [9.17, 15) is 4.79 Å². The van der Waals surface area contributed by atoms with Crippen LogP contribution in [0.5, 0.6) is 0 Å². The van der Waals surface area contributed by atoms with Crippen LogP contribution in [0.4, 0.5) is 5.69 Å². The Morgan fingerprint density at radius 3 is 3.00 bits per heavy atom. The Kier molecular flexibility index (Phi) is 4.52. The van der Waals surface area contributed by atoms with Crippen molar-refractivity contribution in [1.29, 1.82) is 0 Å². The number of nitrogens with zero attached hydrogens (tertiary/aromatic N) is 1. The summed E-state index contributed by atoms with van der Waals surface area (Å²) in [6.07, 6.45) is 0. The second kappa shape index (κ2) is 6.14. The zero-order valence-corrected chi connectivity index (χ0v) is 11.5. The van der Waals surface area contributed by atoms with Gasteiger partial charge in [-0.1, -0.05) is 12.1 Å². The van der Waals surface area contributed by atoms with Gasteiger partial charge in [0.1, 0.15) is 0 Å². The second-order valence-corrected chi connectivity index (χ2v) is 4.92. The molecule has 2 rings (SSSR count). The number of nitrogens with one attached hydrogen (secondary N) is 1. The molecule has 1 aromatic carbocycles. The molecule has 0 spiro atoms. The molecule has 5 nitrogen and oxygen atoms in total. The summed E-state index contributed by atoms with van der Waals surface area (Å²) >= 11 is 0. The zero-order valence-electron chi connectivity index (χ0n) is 11.5. The molecule has 1 aliphatic rings. The maximum Gasteiger partial charge on any atom is 0.241 e. The van der Waals surface area contributed by atoms with E-state index in [4.69, 9.17) is 10.5 Å². The molecule has 0 radical (unpaired) electrons. The lowest BCUT2D eigenvalue weighted by Gasteiger charge is -2.14. The summed E-state index contributed by atoms with van der Waals surface area (Å²) in [4.78, 5) is 14.0. The SMILES string of the molecule is COCCN1Cc2cccc(NC(=O)C(C)N)c2C1. The van der Waals surface area contributed by atoms with Gasteiger partial charge in [-0.25, -0.2) is 0 Å². The maximum atomic E-state index is 11.7. The van der Waals surface area contributed by atoms with Crippen LogP contribution in [-0.2, 0) is 22.6 Å². The number of anilines is 1. The lowest BCUT2D eigenvalue weighted by atomic mass is 10.1. The van der Waals surface area contributed by atoms with Gasteiger partial charge < -0.3 is 15.8 Å². The molecule has 104 valence electrons. The van der Waals surface area contributed by atoms with Gasteiger partial charge in [0.05, 0.1) is 12.6 Å². The van der Waals surface area contributed by atoms with Crippen molar-refractivity contribution < 1.29 is 9.53 Å². The number of nitrogens with two attached hydrogens (primary N) is 1. The number of hydrogen-bond donors (Lipinski definition) is 2. The molecule has 0 saturated carbocycles. The molecule has 1 heterocycles. The number of benzene rings is 1. The van der Waals surface area contributed by atoms with Crippen molar-refractivity contribution in [2.24, 2.45) is 5.73 Å². The third kappa shape index (κ3) is 3.32. The van der Waals surface area contributed by atoms with Crippen molar-refractivity contribution in [3.63, 3.8) is 0 Å². The molecule has 0 fully saturated rings. The fourth-order valence-corrected chi connectivity index (χ4v) is 2.23. The van der Waals surface area contributed by atoms with Gasteiger partial charge in [-0.15, -0.1) is 0 Å². The monoisotopic (exact) mass is 263 g/mol.